The summed E-state index contributed by atoms with van der Waals surface area (Å²) in [7, 11) is 0. The predicted octanol–water partition coefficient (Wildman–Crippen LogP) is -1.45. The van der Waals surface area contributed by atoms with Crippen molar-refractivity contribution in [2.45, 2.75) is 0 Å². The number of hydrogen-bond donors (Lipinski definition) is 2. The fraction of sp³-hybridized carbons (Fsp3) is 0.333. The Labute approximate surface area is 91.8 Å². The van der Waals surface area contributed by atoms with Crippen molar-refractivity contribution in [3.63, 3.8) is 0 Å². The van der Waals surface area contributed by atoms with Crippen molar-refractivity contribution in [3.05, 3.63) is 24.3 Å². The van der Waals surface area contributed by atoms with Gasteiger partial charge in [0.1, 0.15) is 6.33 Å². The summed E-state index contributed by atoms with van der Waals surface area (Å²) < 4.78 is 0. The molecule has 0 radical (unpaired) electrons. The van der Waals surface area contributed by atoms with E-state index in [1.807, 2.05) is 0 Å². The van der Waals surface area contributed by atoms with Crippen LogP contribution in [0.4, 0.5) is 0 Å². The quantitative estimate of drug-likeness (QED) is 0.638. The maximum absolute atomic E-state index is 11.7. The number of hydrogen-bond acceptors (Lipinski definition) is 5. The van der Waals surface area contributed by atoms with Crippen molar-refractivity contribution in [1.82, 2.24) is 25.7 Å². The minimum atomic E-state index is -0.310. The molecule has 16 heavy (non-hydrogen) atoms. The van der Waals surface area contributed by atoms with Gasteiger partial charge in [-0.1, -0.05) is 0 Å². The highest BCUT2D eigenvalue weighted by atomic mass is 16.2. The van der Waals surface area contributed by atoms with Gasteiger partial charge >= 0.3 is 0 Å². The van der Waals surface area contributed by atoms with Crippen LogP contribution in [0.2, 0.25) is 0 Å². The molecule has 1 aromatic heterocycles. The lowest BCUT2D eigenvalue weighted by Crippen LogP contribution is -2.54. The second-order valence-corrected chi connectivity index (χ2v) is 3.34. The zero-order valence-electron chi connectivity index (χ0n) is 8.51. The van der Waals surface area contributed by atoms with Crippen LogP contribution in [-0.4, -0.2) is 46.4 Å². The average molecular weight is 221 g/mol. The second kappa shape index (κ2) is 4.67. The summed E-state index contributed by atoms with van der Waals surface area (Å²) in [4.78, 5) is 30.2. The number of nitrogens with zero attached hydrogens (tertiary/aromatic N) is 3. The molecule has 0 bridgehead atoms. The minimum Gasteiger partial charge on any atom is -0.354 e. The van der Waals surface area contributed by atoms with Crippen molar-refractivity contribution >= 4 is 11.8 Å². The molecular formula is C9H11N5O2. The first-order valence-electron chi connectivity index (χ1n) is 4.83. The highest BCUT2D eigenvalue weighted by Crippen LogP contribution is 1.95. The molecule has 7 nitrogen and oxygen atoms in total. The smallest absolute Gasteiger partial charge is 0.268 e. The van der Waals surface area contributed by atoms with Crippen molar-refractivity contribution < 1.29 is 9.59 Å². The summed E-state index contributed by atoms with van der Waals surface area (Å²) in [6.45, 7) is 1.29. The molecule has 0 saturated carbocycles. The summed E-state index contributed by atoms with van der Waals surface area (Å²) in [5.74, 6) is -0.411. The molecule has 1 saturated heterocycles. The number of amides is 2. The third kappa shape index (κ3) is 2.51. The molecular weight excluding hydrogens is 210 g/mol. The number of aromatic nitrogens is 2. The zero-order valence-corrected chi connectivity index (χ0v) is 8.51. The van der Waals surface area contributed by atoms with E-state index >= 15 is 0 Å². The number of nitrogens with one attached hydrogen (secondary N) is 2. The number of carbonyl (C=O) groups excluding carboxylic acids is 2. The number of rotatable bonds is 2. The highest BCUT2D eigenvalue weighted by molar-refractivity contribution is 5.93. The van der Waals surface area contributed by atoms with E-state index in [-0.39, 0.29) is 18.4 Å². The van der Waals surface area contributed by atoms with Crippen molar-refractivity contribution in [1.29, 1.82) is 0 Å². The molecule has 84 valence electrons. The molecule has 1 aliphatic heterocycles. The number of carbonyl (C=O) groups is 2. The van der Waals surface area contributed by atoms with Gasteiger partial charge in [-0.05, 0) is 0 Å². The Morgan fingerprint density at radius 3 is 2.88 bits per heavy atom. The predicted molar refractivity (Wildman–Crippen MR) is 54.1 cm³/mol. The summed E-state index contributed by atoms with van der Waals surface area (Å²) >= 11 is 0. The van der Waals surface area contributed by atoms with E-state index in [4.69, 9.17) is 0 Å². The fourth-order valence-corrected chi connectivity index (χ4v) is 1.36. The van der Waals surface area contributed by atoms with E-state index in [0.717, 1.165) is 0 Å². The average Bonchev–Trinajstić information content (AvgIpc) is 2.30. The Morgan fingerprint density at radius 2 is 2.19 bits per heavy atom. The van der Waals surface area contributed by atoms with Gasteiger partial charge in [0.25, 0.3) is 5.91 Å². The van der Waals surface area contributed by atoms with Gasteiger partial charge in [0.2, 0.25) is 5.91 Å². The lowest BCUT2D eigenvalue weighted by molar-refractivity contribution is -0.124. The first kappa shape index (κ1) is 10.5. The molecule has 1 fully saturated rings. The van der Waals surface area contributed by atoms with E-state index in [1.54, 1.807) is 5.01 Å². The van der Waals surface area contributed by atoms with Gasteiger partial charge in [0.05, 0.1) is 12.1 Å². The molecule has 0 aromatic carbocycles. The Balaban J connectivity index is 1.95. The highest BCUT2D eigenvalue weighted by Gasteiger charge is 2.18. The summed E-state index contributed by atoms with van der Waals surface area (Å²) in [5.41, 5.74) is 2.99. The molecule has 0 unspecified atom stereocenters. The molecule has 2 amide bonds. The molecule has 0 spiro atoms. The third-order valence-electron chi connectivity index (χ3n) is 2.12. The van der Waals surface area contributed by atoms with Gasteiger partial charge < -0.3 is 5.32 Å². The van der Waals surface area contributed by atoms with Crippen molar-refractivity contribution in [2.24, 2.45) is 0 Å². The molecule has 1 aromatic rings. The van der Waals surface area contributed by atoms with E-state index in [2.05, 4.69) is 20.7 Å². The van der Waals surface area contributed by atoms with Gasteiger partial charge in [-0.15, -0.1) is 0 Å². The standard InChI is InChI=1S/C9H11N5O2/c15-8-5-14(2-1-12-8)13-9(16)7-3-10-6-11-4-7/h3-4,6H,1-2,5H2,(H,12,15)(H,13,16). The largest absolute Gasteiger partial charge is 0.354 e. The monoisotopic (exact) mass is 221 g/mol. The van der Waals surface area contributed by atoms with Gasteiger partial charge in [-0.25, -0.2) is 15.0 Å². The van der Waals surface area contributed by atoms with Crippen molar-refractivity contribution in [2.75, 3.05) is 19.6 Å². The van der Waals surface area contributed by atoms with E-state index in [9.17, 15) is 9.59 Å². The van der Waals surface area contributed by atoms with Crippen LogP contribution in [0.3, 0.4) is 0 Å². The van der Waals surface area contributed by atoms with Crippen LogP contribution in [0.15, 0.2) is 18.7 Å². The lowest BCUT2D eigenvalue weighted by atomic mass is 10.3. The molecule has 2 heterocycles. The second-order valence-electron chi connectivity index (χ2n) is 3.34. The normalized spacial score (nSPS) is 16.6. The summed E-state index contributed by atoms with van der Waals surface area (Å²) in [5, 5.41) is 4.23. The van der Waals surface area contributed by atoms with Crippen LogP contribution < -0.4 is 10.7 Å². The zero-order chi connectivity index (χ0) is 11.4. The SMILES string of the molecule is O=C1CN(NC(=O)c2cncnc2)CCN1. The Bertz CT molecular complexity index is 394. The van der Waals surface area contributed by atoms with Crippen LogP contribution in [0, 0.1) is 0 Å². The molecule has 7 heteroatoms. The molecule has 2 N–H and O–H groups in total. The topological polar surface area (TPSA) is 87.2 Å². The Kier molecular flexibility index (Phi) is 3.06. The van der Waals surface area contributed by atoms with Crippen molar-refractivity contribution in [3.8, 4) is 0 Å². The van der Waals surface area contributed by atoms with E-state index in [0.29, 0.717) is 18.7 Å². The van der Waals surface area contributed by atoms with Crippen LogP contribution in [0.1, 0.15) is 10.4 Å². The lowest BCUT2D eigenvalue weighted by Gasteiger charge is -2.26. The van der Waals surface area contributed by atoms with Crippen LogP contribution in [0.25, 0.3) is 0 Å². The minimum absolute atomic E-state index is 0.101. The Morgan fingerprint density at radius 1 is 1.44 bits per heavy atom. The van der Waals surface area contributed by atoms with Gasteiger partial charge in [-0.2, -0.15) is 0 Å². The molecule has 2 rings (SSSR count). The van der Waals surface area contributed by atoms with Gasteiger partial charge in [0.15, 0.2) is 0 Å². The number of piperazine rings is 1. The summed E-state index contributed by atoms with van der Waals surface area (Å²) in [6, 6.07) is 0. The maximum atomic E-state index is 11.7. The fourth-order valence-electron chi connectivity index (χ4n) is 1.36. The first-order valence-corrected chi connectivity index (χ1v) is 4.83. The van der Waals surface area contributed by atoms with E-state index < -0.39 is 0 Å². The molecule has 0 atom stereocenters. The van der Waals surface area contributed by atoms with Gasteiger partial charge in [0, 0.05) is 25.5 Å². The third-order valence-corrected chi connectivity index (χ3v) is 2.12. The summed E-state index contributed by atoms with van der Waals surface area (Å²) in [6.07, 6.45) is 4.20. The number of hydrazine groups is 1. The van der Waals surface area contributed by atoms with Gasteiger partial charge in [-0.3, -0.25) is 15.0 Å². The Hall–Kier alpha value is -2.02. The first-order chi connectivity index (χ1) is 7.75. The molecule has 0 aliphatic carbocycles. The molecule has 1 aliphatic rings. The van der Waals surface area contributed by atoms with Crippen LogP contribution in [0.5, 0.6) is 0 Å². The van der Waals surface area contributed by atoms with E-state index in [1.165, 1.54) is 18.7 Å². The maximum Gasteiger partial charge on any atom is 0.268 e. The van der Waals surface area contributed by atoms with Crippen LogP contribution >= 0.6 is 0 Å². The van der Waals surface area contributed by atoms with Crippen LogP contribution in [-0.2, 0) is 4.79 Å².